The Morgan fingerprint density at radius 1 is 1.21 bits per heavy atom. The van der Waals surface area contributed by atoms with Crippen LogP contribution in [0.15, 0.2) is 34.0 Å². The van der Waals surface area contributed by atoms with E-state index in [9.17, 15) is 9.59 Å². The van der Waals surface area contributed by atoms with Gasteiger partial charge in [-0.1, -0.05) is 55.6 Å². The van der Waals surface area contributed by atoms with E-state index < -0.39 is 5.97 Å². The predicted molar refractivity (Wildman–Crippen MR) is 113 cm³/mol. The van der Waals surface area contributed by atoms with E-state index in [0.29, 0.717) is 11.3 Å². The van der Waals surface area contributed by atoms with E-state index in [1.807, 2.05) is 30.5 Å². The fraction of sp³-hybridized carbons (Fsp3) is 0.476. The number of thiazole rings is 1. The van der Waals surface area contributed by atoms with Gasteiger partial charge in [-0.15, -0.1) is 11.3 Å². The summed E-state index contributed by atoms with van der Waals surface area (Å²) in [5.41, 5.74) is 2.39. The topological polar surface area (TPSA) is 68.3 Å². The first-order chi connectivity index (χ1) is 13.6. The molecular weight excluding hydrogens is 392 g/mol. The van der Waals surface area contributed by atoms with Gasteiger partial charge >= 0.3 is 5.97 Å². The van der Waals surface area contributed by atoms with Crippen LogP contribution in [0.25, 0.3) is 0 Å². The Kier molecular flexibility index (Phi) is 7.91. The standard InChI is InChI=1S/C21H26N2O3S2/c1-15-13-27-21(22-15)28-14-16-8-6-7-11-18(16)20(25)26-12-19(24)23-17-9-4-2-3-5-10-17/h6-8,11,13,17H,2-5,9-10,12,14H2,1H3,(H,23,24). The average molecular weight is 419 g/mol. The summed E-state index contributed by atoms with van der Waals surface area (Å²) in [4.78, 5) is 29.1. The monoisotopic (exact) mass is 418 g/mol. The molecule has 1 N–H and O–H groups in total. The van der Waals surface area contributed by atoms with Crippen LogP contribution >= 0.6 is 23.1 Å². The van der Waals surface area contributed by atoms with Crippen molar-refractivity contribution in [2.45, 2.75) is 61.6 Å². The fourth-order valence-electron chi connectivity index (χ4n) is 3.29. The molecule has 0 aliphatic heterocycles. The minimum atomic E-state index is -0.456. The molecule has 0 spiro atoms. The van der Waals surface area contributed by atoms with Gasteiger partial charge in [-0.05, 0) is 31.4 Å². The molecular formula is C21H26N2O3S2. The third-order valence-corrected chi connectivity index (χ3v) is 6.93. The van der Waals surface area contributed by atoms with Crippen LogP contribution in [-0.2, 0) is 15.3 Å². The lowest BCUT2D eigenvalue weighted by atomic mass is 10.1. The van der Waals surface area contributed by atoms with Crippen LogP contribution in [0.5, 0.6) is 0 Å². The number of hydrogen-bond donors (Lipinski definition) is 1. The number of carbonyl (C=O) groups is 2. The maximum Gasteiger partial charge on any atom is 0.338 e. The van der Waals surface area contributed by atoms with Gasteiger partial charge in [0.25, 0.3) is 5.91 Å². The molecule has 150 valence electrons. The second-order valence-electron chi connectivity index (χ2n) is 7.03. The molecule has 1 heterocycles. The molecule has 1 amide bonds. The van der Waals surface area contributed by atoms with Gasteiger partial charge in [0.1, 0.15) is 4.34 Å². The lowest BCUT2D eigenvalue weighted by Gasteiger charge is -2.16. The van der Waals surface area contributed by atoms with E-state index in [1.165, 1.54) is 12.8 Å². The number of nitrogens with zero attached hydrogens (tertiary/aromatic N) is 1. The number of thioether (sulfide) groups is 1. The van der Waals surface area contributed by atoms with Crippen LogP contribution < -0.4 is 5.32 Å². The first-order valence-corrected chi connectivity index (χ1v) is 11.6. The molecule has 1 saturated carbocycles. The number of carbonyl (C=O) groups excluding carboxylic acids is 2. The summed E-state index contributed by atoms with van der Waals surface area (Å²) in [7, 11) is 0. The third-order valence-electron chi connectivity index (χ3n) is 4.74. The Labute approximate surface area is 174 Å². The maximum atomic E-state index is 12.5. The Morgan fingerprint density at radius 2 is 1.96 bits per heavy atom. The van der Waals surface area contributed by atoms with Gasteiger partial charge < -0.3 is 10.1 Å². The first-order valence-electron chi connectivity index (χ1n) is 9.71. The van der Waals surface area contributed by atoms with Crippen LogP contribution in [0.3, 0.4) is 0 Å². The largest absolute Gasteiger partial charge is 0.452 e. The molecule has 1 aromatic carbocycles. The molecule has 3 rings (SSSR count). The predicted octanol–water partition coefficient (Wildman–Crippen LogP) is 4.74. The Hall–Kier alpha value is -1.86. The second kappa shape index (κ2) is 10.6. The van der Waals surface area contributed by atoms with Crippen molar-refractivity contribution in [2.75, 3.05) is 6.61 Å². The average Bonchev–Trinajstić information content (AvgIpc) is 2.95. The fourth-order valence-corrected chi connectivity index (χ4v) is 5.14. The summed E-state index contributed by atoms with van der Waals surface area (Å²) in [6, 6.07) is 7.58. The molecule has 5 nitrogen and oxygen atoms in total. The van der Waals surface area contributed by atoms with Crippen LogP contribution in [0.1, 0.15) is 60.1 Å². The summed E-state index contributed by atoms with van der Waals surface area (Å²) < 4.78 is 6.26. The summed E-state index contributed by atoms with van der Waals surface area (Å²) >= 11 is 3.19. The van der Waals surface area contributed by atoms with Gasteiger partial charge in [0.15, 0.2) is 6.61 Å². The van der Waals surface area contributed by atoms with Crippen molar-refractivity contribution >= 4 is 35.0 Å². The molecule has 0 atom stereocenters. The number of ether oxygens (including phenoxy) is 1. The first kappa shape index (κ1) is 20.9. The molecule has 7 heteroatoms. The highest BCUT2D eigenvalue weighted by Crippen LogP contribution is 2.27. The molecule has 1 fully saturated rings. The second-order valence-corrected chi connectivity index (χ2v) is 9.11. The summed E-state index contributed by atoms with van der Waals surface area (Å²) in [5, 5.41) is 5.01. The van der Waals surface area contributed by atoms with E-state index >= 15 is 0 Å². The zero-order valence-electron chi connectivity index (χ0n) is 16.1. The highest BCUT2D eigenvalue weighted by molar-refractivity contribution is 8.00. The van der Waals surface area contributed by atoms with Crippen molar-refractivity contribution in [3.05, 3.63) is 46.5 Å². The van der Waals surface area contributed by atoms with E-state index in [-0.39, 0.29) is 18.6 Å². The molecule has 0 unspecified atom stereocenters. The lowest BCUT2D eigenvalue weighted by Crippen LogP contribution is -2.37. The highest BCUT2D eigenvalue weighted by Gasteiger charge is 2.18. The zero-order chi connectivity index (χ0) is 19.8. The third kappa shape index (κ3) is 6.34. The number of rotatable bonds is 7. The molecule has 0 saturated heterocycles. The van der Waals surface area contributed by atoms with Gasteiger partial charge in [-0.3, -0.25) is 4.79 Å². The number of aryl methyl sites for hydroxylation is 1. The van der Waals surface area contributed by atoms with Gasteiger partial charge in [0.05, 0.1) is 5.56 Å². The van der Waals surface area contributed by atoms with Gasteiger partial charge in [0, 0.05) is 22.9 Å². The van der Waals surface area contributed by atoms with Gasteiger partial charge in [-0.25, -0.2) is 9.78 Å². The summed E-state index contributed by atoms with van der Waals surface area (Å²) in [5.74, 6) is -0.0418. The minimum Gasteiger partial charge on any atom is -0.452 e. The highest BCUT2D eigenvalue weighted by atomic mass is 32.2. The zero-order valence-corrected chi connectivity index (χ0v) is 17.7. The van der Waals surface area contributed by atoms with E-state index in [1.54, 1.807) is 29.2 Å². The summed E-state index contributed by atoms with van der Waals surface area (Å²) in [6.07, 6.45) is 6.78. The van der Waals surface area contributed by atoms with Crippen molar-refractivity contribution < 1.29 is 14.3 Å². The van der Waals surface area contributed by atoms with E-state index in [2.05, 4.69) is 10.3 Å². The number of aromatic nitrogens is 1. The lowest BCUT2D eigenvalue weighted by molar-refractivity contribution is -0.125. The quantitative estimate of drug-likeness (QED) is 0.400. The maximum absolute atomic E-state index is 12.5. The number of benzene rings is 1. The molecule has 28 heavy (non-hydrogen) atoms. The molecule has 2 aromatic rings. The molecule has 1 aliphatic rings. The van der Waals surface area contributed by atoms with Gasteiger partial charge in [0.2, 0.25) is 0 Å². The molecule has 1 aromatic heterocycles. The Balaban J connectivity index is 1.51. The van der Waals surface area contributed by atoms with E-state index in [0.717, 1.165) is 41.3 Å². The minimum absolute atomic E-state index is 0.208. The normalized spacial score (nSPS) is 15.0. The van der Waals surface area contributed by atoms with Crippen molar-refractivity contribution in [1.29, 1.82) is 0 Å². The molecule has 0 bridgehead atoms. The van der Waals surface area contributed by atoms with Crippen molar-refractivity contribution in [2.24, 2.45) is 0 Å². The summed E-state index contributed by atoms with van der Waals surface area (Å²) in [6.45, 7) is 1.73. The Morgan fingerprint density at radius 3 is 2.68 bits per heavy atom. The van der Waals surface area contributed by atoms with Crippen LogP contribution in [0.2, 0.25) is 0 Å². The van der Waals surface area contributed by atoms with Crippen LogP contribution in [-0.4, -0.2) is 29.5 Å². The van der Waals surface area contributed by atoms with E-state index in [4.69, 9.17) is 4.74 Å². The van der Waals surface area contributed by atoms with Crippen LogP contribution in [0, 0.1) is 6.92 Å². The van der Waals surface area contributed by atoms with Crippen molar-refractivity contribution in [1.82, 2.24) is 10.3 Å². The smallest absolute Gasteiger partial charge is 0.338 e. The number of esters is 1. The SMILES string of the molecule is Cc1csc(SCc2ccccc2C(=O)OCC(=O)NC2CCCCCC2)n1. The number of nitrogens with one attached hydrogen (secondary N) is 1. The van der Waals surface area contributed by atoms with Crippen molar-refractivity contribution in [3.8, 4) is 0 Å². The molecule has 0 radical (unpaired) electrons. The van der Waals surface area contributed by atoms with Gasteiger partial charge in [-0.2, -0.15) is 0 Å². The van der Waals surface area contributed by atoms with Crippen LogP contribution in [0.4, 0.5) is 0 Å². The molecule has 1 aliphatic carbocycles. The Bertz CT molecular complexity index is 798. The number of amides is 1. The van der Waals surface area contributed by atoms with Crippen molar-refractivity contribution in [3.63, 3.8) is 0 Å². The number of hydrogen-bond acceptors (Lipinski definition) is 6.